The molecule has 0 saturated heterocycles. The molecule has 2 bridgehead atoms. The van der Waals surface area contributed by atoms with E-state index in [9.17, 15) is 4.39 Å². The van der Waals surface area contributed by atoms with Crippen LogP contribution in [0, 0.1) is 5.82 Å². The fourth-order valence-electron chi connectivity index (χ4n) is 2.99. The summed E-state index contributed by atoms with van der Waals surface area (Å²) in [4.78, 5) is 4.62. The van der Waals surface area contributed by atoms with Gasteiger partial charge in [0.2, 0.25) is 0 Å². The second-order valence-corrected chi connectivity index (χ2v) is 6.41. The van der Waals surface area contributed by atoms with Crippen molar-refractivity contribution < 1.29 is 9.13 Å². The third-order valence-corrected chi connectivity index (χ3v) is 4.67. The van der Waals surface area contributed by atoms with E-state index in [2.05, 4.69) is 27.3 Å². The van der Waals surface area contributed by atoms with E-state index in [1.165, 1.54) is 6.07 Å². The summed E-state index contributed by atoms with van der Waals surface area (Å²) in [5.74, 6) is 0.664. The molecule has 0 radical (unpaired) electrons. The van der Waals surface area contributed by atoms with Crippen LogP contribution >= 0.6 is 11.6 Å². The van der Waals surface area contributed by atoms with Gasteiger partial charge in [-0.1, -0.05) is 18.2 Å². The van der Waals surface area contributed by atoms with Crippen molar-refractivity contribution in [1.82, 2.24) is 19.9 Å². The van der Waals surface area contributed by atoms with Crippen molar-refractivity contribution >= 4 is 28.8 Å². The zero-order valence-corrected chi connectivity index (χ0v) is 14.8. The minimum Gasteiger partial charge on any atom is -0.491 e. The lowest BCUT2D eigenvalue weighted by atomic mass is 10.1. The van der Waals surface area contributed by atoms with Crippen LogP contribution in [0.4, 0.5) is 10.2 Å². The molecule has 0 amide bonds. The summed E-state index contributed by atoms with van der Waals surface area (Å²) in [6.07, 6.45) is 3.52. The number of halogens is 2. The van der Waals surface area contributed by atoms with Crippen LogP contribution in [0.5, 0.6) is 5.75 Å². The first-order chi connectivity index (χ1) is 12.5. The molecule has 8 heteroatoms. The fourth-order valence-corrected chi connectivity index (χ4v) is 3.31. The highest BCUT2D eigenvalue weighted by Crippen LogP contribution is 2.36. The van der Waals surface area contributed by atoms with Crippen molar-refractivity contribution in [3.05, 3.63) is 59.1 Å². The van der Waals surface area contributed by atoms with E-state index in [-0.39, 0.29) is 11.1 Å². The maximum absolute atomic E-state index is 14.0. The van der Waals surface area contributed by atoms with Crippen LogP contribution in [-0.2, 0) is 0 Å². The molecule has 2 aromatic heterocycles. The van der Waals surface area contributed by atoms with Crippen LogP contribution in [0.15, 0.2) is 37.2 Å². The molecule has 1 aliphatic rings. The van der Waals surface area contributed by atoms with E-state index < -0.39 is 5.82 Å². The van der Waals surface area contributed by atoms with Crippen molar-refractivity contribution in [3.63, 3.8) is 0 Å². The Balaban J connectivity index is 1.82. The van der Waals surface area contributed by atoms with E-state index in [1.54, 1.807) is 29.0 Å². The van der Waals surface area contributed by atoms with Crippen LogP contribution < -0.4 is 15.4 Å². The number of hydrogen-bond donors (Lipinski definition) is 2. The summed E-state index contributed by atoms with van der Waals surface area (Å²) in [5, 5.41) is 10.8. The molecular weight excluding hydrogens is 357 g/mol. The predicted molar refractivity (Wildman–Crippen MR) is 99.0 cm³/mol. The van der Waals surface area contributed by atoms with Gasteiger partial charge >= 0.3 is 0 Å². The number of rotatable bonds is 0. The number of hydrogen-bond acceptors (Lipinski definition) is 5. The molecule has 26 heavy (non-hydrogen) atoms. The smallest absolute Gasteiger partial charge is 0.166 e. The highest BCUT2D eigenvalue weighted by molar-refractivity contribution is 6.31. The Hall–Kier alpha value is -2.80. The molecule has 3 aromatic rings. The predicted octanol–water partition coefficient (Wildman–Crippen LogP) is 3.65. The fraction of sp³-hybridized carbons (Fsp3) is 0.222. The molecular formula is C18H17ClFN5O. The molecule has 0 spiro atoms. The Kier molecular flexibility index (Phi) is 4.16. The molecule has 1 unspecified atom stereocenters. The molecule has 1 aromatic carbocycles. The molecule has 0 aliphatic carbocycles. The van der Waals surface area contributed by atoms with Crippen molar-refractivity contribution in [2.45, 2.75) is 13.0 Å². The van der Waals surface area contributed by atoms with Gasteiger partial charge in [-0.2, -0.15) is 5.10 Å². The zero-order valence-electron chi connectivity index (χ0n) is 14.1. The van der Waals surface area contributed by atoms with E-state index in [0.717, 1.165) is 5.56 Å². The lowest BCUT2D eigenvalue weighted by Crippen LogP contribution is -2.20. The van der Waals surface area contributed by atoms with Gasteiger partial charge in [0.05, 0.1) is 22.8 Å². The molecule has 2 N–H and O–H groups in total. The average Bonchev–Trinajstić information content (AvgIpc) is 3.04. The average molecular weight is 374 g/mol. The normalized spacial score (nSPS) is 17.3. The SMILES string of the molecule is C=C1NCCOc2ccc(F)c(Cl)c2C(C)Nc2ccn3ncc1c3n2. The van der Waals surface area contributed by atoms with Crippen LogP contribution in [0.3, 0.4) is 0 Å². The number of nitrogens with one attached hydrogen (secondary N) is 2. The first kappa shape index (κ1) is 16.7. The summed E-state index contributed by atoms with van der Waals surface area (Å²) in [6, 6.07) is 4.38. The first-order valence-electron chi connectivity index (χ1n) is 8.19. The lowest BCUT2D eigenvalue weighted by Gasteiger charge is -2.20. The summed E-state index contributed by atoms with van der Waals surface area (Å²) in [6.45, 7) is 6.82. The van der Waals surface area contributed by atoms with Gasteiger partial charge in [0.25, 0.3) is 0 Å². The number of benzene rings is 1. The summed E-state index contributed by atoms with van der Waals surface area (Å²) < 4.78 is 21.5. The molecule has 0 fully saturated rings. The van der Waals surface area contributed by atoms with Crippen molar-refractivity contribution in [1.29, 1.82) is 0 Å². The Labute approximate surface area is 154 Å². The molecule has 4 rings (SSSR count). The summed E-state index contributed by atoms with van der Waals surface area (Å²) >= 11 is 6.22. The zero-order chi connectivity index (χ0) is 18.3. The highest BCUT2D eigenvalue weighted by Gasteiger charge is 2.20. The first-order valence-corrected chi connectivity index (χ1v) is 8.57. The number of aromatic nitrogens is 3. The van der Waals surface area contributed by atoms with Gasteiger partial charge in [-0.05, 0) is 25.1 Å². The van der Waals surface area contributed by atoms with E-state index in [4.69, 9.17) is 16.3 Å². The minimum absolute atomic E-state index is 0.0425. The Bertz CT molecular complexity index is 1000. The largest absolute Gasteiger partial charge is 0.491 e. The molecule has 3 heterocycles. The van der Waals surface area contributed by atoms with Crippen molar-refractivity contribution in [2.75, 3.05) is 18.5 Å². The minimum atomic E-state index is -0.486. The van der Waals surface area contributed by atoms with Gasteiger partial charge in [0.15, 0.2) is 5.65 Å². The van der Waals surface area contributed by atoms with E-state index >= 15 is 0 Å². The van der Waals surface area contributed by atoms with Gasteiger partial charge < -0.3 is 15.4 Å². The van der Waals surface area contributed by atoms with Crippen LogP contribution in [0.1, 0.15) is 24.1 Å². The Morgan fingerprint density at radius 3 is 3.08 bits per heavy atom. The Morgan fingerprint density at radius 2 is 2.23 bits per heavy atom. The summed E-state index contributed by atoms with van der Waals surface area (Å²) in [7, 11) is 0. The second kappa shape index (κ2) is 6.49. The highest BCUT2D eigenvalue weighted by atomic mass is 35.5. The number of nitrogens with zero attached hydrogens (tertiary/aromatic N) is 3. The van der Waals surface area contributed by atoms with Gasteiger partial charge in [-0.25, -0.2) is 13.9 Å². The Morgan fingerprint density at radius 1 is 1.38 bits per heavy atom. The van der Waals surface area contributed by atoms with Gasteiger partial charge in [-0.3, -0.25) is 0 Å². The number of ether oxygens (including phenoxy) is 1. The number of fused-ring (bicyclic) bond motifs is 2. The number of anilines is 1. The van der Waals surface area contributed by atoms with Crippen molar-refractivity contribution in [3.8, 4) is 5.75 Å². The van der Waals surface area contributed by atoms with Gasteiger partial charge in [0.1, 0.15) is 24.0 Å². The molecule has 1 aliphatic heterocycles. The third-order valence-electron chi connectivity index (χ3n) is 4.28. The van der Waals surface area contributed by atoms with Gasteiger partial charge in [-0.15, -0.1) is 0 Å². The van der Waals surface area contributed by atoms with Crippen LogP contribution in [0.2, 0.25) is 5.02 Å². The molecule has 0 saturated carbocycles. The maximum atomic E-state index is 14.0. The quantitative estimate of drug-likeness (QED) is 0.629. The second-order valence-electron chi connectivity index (χ2n) is 6.03. The third kappa shape index (κ3) is 2.84. The maximum Gasteiger partial charge on any atom is 0.166 e. The summed E-state index contributed by atoms with van der Waals surface area (Å²) in [5.41, 5.74) is 2.74. The van der Waals surface area contributed by atoms with Crippen LogP contribution in [0.25, 0.3) is 11.3 Å². The lowest BCUT2D eigenvalue weighted by molar-refractivity contribution is 0.316. The van der Waals surface area contributed by atoms with Crippen LogP contribution in [-0.4, -0.2) is 27.7 Å². The van der Waals surface area contributed by atoms with E-state index in [0.29, 0.717) is 41.6 Å². The van der Waals surface area contributed by atoms with Crippen molar-refractivity contribution in [2.24, 2.45) is 0 Å². The molecule has 6 nitrogen and oxygen atoms in total. The molecule has 134 valence electrons. The monoisotopic (exact) mass is 373 g/mol. The van der Waals surface area contributed by atoms with Gasteiger partial charge in [0, 0.05) is 24.0 Å². The molecule has 1 atom stereocenters. The van der Waals surface area contributed by atoms with E-state index in [1.807, 2.05) is 6.92 Å². The topological polar surface area (TPSA) is 63.5 Å². The standard InChI is InChI=1S/C18H17ClFN5O/c1-10-12-9-22-25-7-5-15(24-18(12)25)23-11(2)16-14(26-8-6-21-10)4-3-13(20)17(16)19/h3-5,7,9,11,21H,1,6,8H2,2H3,(H,23,24).